The zero-order valence-corrected chi connectivity index (χ0v) is 15.8. The Morgan fingerprint density at radius 2 is 1.79 bits per heavy atom. The van der Waals surface area contributed by atoms with Crippen molar-refractivity contribution in [3.63, 3.8) is 0 Å². The highest BCUT2D eigenvalue weighted by Gasteiger charge is 2.58. The molecule has 6 unspecified atom stereocenters. The van der Waals surface area contributed by atoms with Crippen molar-refractivity contribution in [2.24, 2.45) is 33.7 Å². The molecule has 3 saturated carbocycles. The van der Waals surface area contributed by atoms with Crippen molar-refractivity contribution in [1.29, 1.82) is 0 Å². The molecule has 0 aromatic carbocycles. The van der Waals surface area contributed by atoms with E-state index in [1.165, 1.54) is 44.2 Å². The van der Waals surface area contributed by atoms with Gasteiger partial charge in [-0.2, -0.15) is 0 Å². The molecule has 0 amide bonds. The fourth-order valence-electron chi connectivity index (χ4n) is 6.88. The lowest BCUT2D eigenvalue weighted by Crippen LogP contribution is -2.50. The van der Waals surface area contributed by atoms with Crippen molar-refractivity contribution >= 4 is 5.71 Å². The molecule has 3 nitrogen and oxygen atoms in total. The average molecular weight is 332 g/mol. The summed E-state index contributed by atoms with van der Waals surface area (Å²) in [6, 6.07) is 0. The van der Waals surface area contributed by atoms with Crippen molar-refractivity contribution in [1.82, 2.24) is 0 Å². The number of ether oxygens (including phenoxy) is 1. The van der Waals surface area contributed by atoms with Crippen molar-refractivity contribution in [2.75, 3.05) is 14.2 Å². The summed E-state index contributed by atoms with van der Waals surface area (Å²) in [5, 5.41) is 4.42. The highest BCUT2D eigenvalue weighted by Crippen LogP contribution is 2.64. The summed E-state index contributed by atoms with van der Waals surface area (Å²) in [7, 11) is 3.57. The van der Waals surface area contributed by atoms with Crippen LogP contribution < -0.4 is 0 Å². The van der Waals surface area contributed by atoms with E-state index in [-0.39, 0.29) is 5.41 Å². The fraction of sp³-hybridized carbons (Fsp3) is 0.857. The number of methoxy groups -OCH3 is 1. The molecule has 0 aromatic rings. The SMILES string of the molecule is CO/N=C1\CCC2C3CC=C4CC(OC)CCC4(C)C3CCC12C. The van der Waals surface area contributed by atoms with Crippen LogP contribution >= 0.6 is 0 Å². The van der Waals surface area contributed by atoms with Crippen molar-refractivity contribution in [3.8, 4) is 0 Å². The number of hydrogen-bond donors (Lipinski definition) is 0. The van der Waals surface area contributed by atoms with Gasteiger partial charge in [0, 0.05) is 12.5 Å². The van der Waals surface area contributed by atoms with Crippen LogP contribution in [0.15, 0.2) is 16.8 Å². The zero-order valence-electron chi connectivity index (χ0n) is 15.8. The first-order chi connectivity index (χ1) is 11.5. The molecule has 3 heteroatoms. The van der Waals surface area contributed by atoms with Crippen LogP contribution in [-0.4, -0.2) is 26.0 Å². The standard InChI is InChI=1S/C21H33NO2/c1-20-11-9-15(23-3)13-14(20)5-6-16-17-7-8-19(22-24-4)21(17,2)12-10-18(16)20/h5,15-18H,6-13H2,1-4H3/b22-19+. The van der Waals surface area contributed by atoms with Crippen LogP contribution in [0.3, 0.4) is 0 Å². The van der Waals surface area contributed by atoms with Gasteiger partial charge in [-0.25, -0.2) is 0 Å². The van der Waals surface area contributed by atoms with Crippen LogP contribution in [0.1, 0.15) is 65.2 Å². The summed E-state index contributed by atoms with van der Waals surface area (Å²) >= 11 is 0. The topological polar surface area (TPSA) is 30.8 Å². The number of allylic oxidation sites excluding steroid dienone is 1. The third-order valence-electron chi connectivity index (χ3n) is 8.33. The third kappa shape index (κ3) is 2.23. The van der Waals surface area contributed by atoms with Crippen LogP contribution in [0.4, 0.5) is 0 Å². The molecule has 0 spiro atoms. The summed E-state index contributed by atoms with van der Waals surface area (Å²) in [6.45, 7) is 5.02. The van der Waals surface area contributed by atoms with E-state index in [0.717, 1.165) is 30.6 Å². The minimum absolute atomic E-state index is 0.280. The molecule has 134 valence electrons. The zero-order chi connectivity index (χ0) is 16.9. The minimum Gasteiger partial charge on any atom is -0.399 e. The summed E-state index contributed by atoms with van der Waals surface area (Å²) in [4.78, 5) is 5.17. The molecule has 0 N–H and O–H groups in total. The Hall–Kier alpha value is -0.830. The highest BCUT2D eigenvalue weighted by atomic mass is 16.6. The van der Waals surface area contributed by atoms with E-state index >= 15 is 0 Å². The summed E-state index contributed by atoms with van der Waals surface area (Å²) < 4.78 is 5.68. The van der Waals surface area contributed by atoms with Gasteiger partial charge >= 0.3 is 0 Å². The van der Waals surface area contributed by atoms with Gasteiger partial charge in [-0.3, -0.25) is 0 Å². The van der Waals surface area contributed by atoms with Crippen molar-refractivity contribution in [3.05, 3.63) is 11.6 Å². The molecule has 0 aromatic heterocycles. The van der Waals surface area contributed by atoms with E-state index in [4.69, 9.17) is 9.57 Å². The summed E-state index contributed by atoms with van der Waals surface area (Å²) in [6.07, 6.45) is 13.1. The number of fused-ring (bicyclic) bond motifs is 5. The quantitative estimate of drug-likeness (QED) is 0.528. The van der Waals surface area contributed by atoms with E-state index in [2.05, 4.69) is 25.1 Å². The summed E-state index contributed by atoms with van der Waals surface area (Å²) in [5.41, 5.74) is 3.73. The van der Waals surface area contributed by atoms with E-state index in [0.29, 0.717) is 11.5 Å². The Kier molecular flexibility index (Phi) is 4.06. The maximum atomic E-state index is 5.68. The first kappa shape index (κ1) is 16.6. The molecular formula is C21H33NO2. The molecule has 24 heavy (non-hydrogen) atoms. The maximum absolute atomic E-state index is 5.68. The van der Waals surface area contributed by atoms with Crippen molar-refractivity contribution in [2.45, 2.75) is 71.3 Å². The van der Waals surface area contributed by atoms with Crippen LogP contribution in [0.25, 0.3) is 0 Å². The lowest BCUT2D eigenvalue weighted by Gasteiger charge is -2.57. The number of rotatable bonds is 2. The van der Waals surface area contributed by atoms with Crippen LogP contribution in [0, 0.1) is 28.6 Å². The van der Waals surface area contributed by atoms with Crippen LogP contribution in [-0.2, 0) is 9.57 Å². The molecule has 0 heterocycles. The molecule has 0 aliphatic heterocycles. The van der Waals surface area contributed by atoms with E-state index in [1.807, 2.05) is 7.11 Å². The number of oxime groups is 1. The van der Waals surface area contributed by atoms with Gasteiger partial charge in [-0.15, -0.1) is 0 Å². The summed E-state index contributed by atoms with van der Waals surface area (Å²) in [5.74, 6) is 2.48. The molecule has 3 fully saturated rings. The second-order valence-corrected chi connectivity index (χ2v) is 9.08. The number of nitrogens with zero attached hydrogens (tertiary/aromatic N) is 1. The highest BCUT2D eigenvalue weighted by molar-refractivity contribution is 5.92. The lowest BCUT2D eigenvalue weighted by atomic mass is 9.48. The Morgan fingerprint density at radius 3 is 2.54 bits per heavy atom. The van der Waals surface area contributed by atoms with E-state index in [9.17, 15) is 0 Å². The predicted molar refractivity (Wildman–Crippen MR) is 96.9 cm³/mol. The third-order valence-corrected chi connectivity index (χ3v) is 8.33. The van der Waals surface area contributed by atoms with Crippen LogP contribution in [0.5, 0.6) is 0 Å². The van der Waals surface area contributed by atoms with Gasteiger partial charge in [-0.05, 0) is 74.5 Å². The second kappa shape index (κ2) is 5.86. The Bertz CT molecular complexity index is 568. The lowest BCUT2D eigenvalue weighted by molar-refractivity contribution is -0.0281. The predicted octanol–water partition coefficient (Wildman–Crippen LogP) is 4.97. The first-order valence-electron chi connectivity index (χ1n) is 9.85. The van der Waals surface area contributed by atoms with Gasteiger partial charge in [0.2, 0.25) is 0 Å². The molecule has 4 aliphatic carbocycles. The molecule has 0 saturated heterocycles. The smallest absolute Gasteiger partial charge is 0.106 e. The molecule has 4 rings (SSSR count). The molecule has 4 aliphatic rings. The van der Waals surface area contributed by atoms with Crippen LogP contribution in [0.2, 0.25) is 0 Å². The van der Waals surface area contributed by atoms with Gasteiger partial charge < -0.3 is 9.57 Å². The van der Waals surface area contributed by atoms with E-state index in [1.54, 1.807) is 12.7 Å². The van der Waals surface area contributed by atoms with Gasteiger partial charge in [-0.1, -0.05) is 30.7 Å². The Balaban J connectivity index is 1.64. The largest absolute Gasteiger partial charge is 0.399 e. The molecular weight excluding hydrogens is 298 g/mol. The van der Waals surface area contributed by atoms with Gasteiger partial charge in [0.25, 0.3) is 0 Å². The normalized spacial score (nSPS) is 49.2. The van der Waals surface area contributed by atoms with Crippen molar-refractivity contribution < 1.29 is 9.57 Å². The van der Waals surface area contributed by atoms with Gasteiger partial charge in [0.1, 0.15) is 7.11 Å². The molecule has 0 bridgehead atoms. The second-order valence-electron chi connectivity index (χ2n) is 9.08. The molecule has 6 atom stereocenters. The Labute approximate surface area is 146 Å². The van der Waals surface area contributed by atoms with Gasteiger partial charge in [0.05, 0.1) is 11.8 Å². The fourth-order valence-corrected chi connectivity index (χ4v) is 6.88. The minimum atomic E-state index is 0.280. The number of hydrogen-bond acceptors (Lipinski definition) is 3. The van der Waals surface area contributed by atoms with Gasteiger partial charge in [0.15, 0.2) is 0 Å². The average Bonchev–Trinajstić information content (AvgIpc) is 2.91. The first-order valence-corrected chi connectivity index (χ1v) is 9.85. The Morgan fingerprint density at radius 1 is 1.04 bits per heavy atom. The molecule has 0 radical (unpaired) electrons. The maximum Gasteiger partial charge on any atom is 0.106 e. The van der Waals surface area contributed by atoms with E-state index < -0.39 is 0 Å². The monoisotopic (exact) mass is 331 g/mol.